The van der Waals surface area contributed by atoms with Crippen molar-refractivity contribution in [2.75, 3.05) is 13.7 Å². The van der Waals surface area contributed by atoms with Crippen LogP contribution in [0.3, 0.4) is 0 Å². The van der Waals surface area contributed by atoms with Crippen molar-refractivity contribution in [3.05, 3.63) is 28.8 Å². The number of hydrogen-bond donors (Lipinski definition) is 2. The van der Waals surface area contributed by atoms with Crippen LogP contribution >= 0.6 is 11.6 Å². The molecule has 116 valence electrons. The van der Waals surface area contributed by atoms with E-state index in [1.165, 1.54) is 19.2 Å². The molecule has 21 heavy (non-hydrogen) atoms. The van der Waals surface area contributed by atoms with E-state index in [2.05, 4.69) is 9.46 Å². The van der Waals surface area contributed by atoms with Crippen LogP contribution in [0.2, 0.25) is 5.02 Å². The lowest BCUT2D eigenvalue weighted by molar-refractivity contribution is -0.137. The summed E-state index contributed by atoms with van der Waals surface area (Å²) in [6.07, 6.45) is 0.00443. The molecular formula is C12H14ClNO6S. The summed E-state index contributed by atoms with van der Waals surface area (Å²) in [6.45, 7) is -0.0330. The van der Waals surface area contributed by atoms with Crippen molar-refractivity contribution in [2.45, 2.75) is 17.7 Å². The summed E-state index contributed by atoms with van der Waals surface area (Å²) in [4.78, 5) is 21.6. The summed E-state index contributed by atoms with van der Waals surface area (Å²) in [6, 6.07) is 3.61. The molecule has 1 aromatic rings. The van der Waals surface area contributed by atoms with E-state index in [-0.39, 0.29) is 34.9 Å². The second-order valence-corrected chi connectivity index (χ2v) is 6.27. The second kappa shape index (κ2) is 7.39. The molecule has 0 radical (unpaired) electrons. The standard InChI is InChI=1S/C12H14ClNO6S/c1-20-12(17)8-5-9(13)7-10(6-8)21(18,19)14-4-2-3-11(15)16/h5-7,14H,2-4H2,1H3,(H,15,16). The lowest BCUT2D eigenvalue weighted by atomic mass is 10.2. The first-order chi connectivity index (χ1) is 9.76. The number of methoxy groups -OCH3 is 1. The molecule has 9 heteroatoms. The Bertz CT molecular complexity index is 643. The molecule has 1 aromatic carbocycles. The van der Waals surface area contributed by atoms with Gasteiger partial charge in [-0.3, -0.25) is 4.79 Å². The molecule has 0 aromatic heterocycles. The molecule has 0 aliphatic carbocycles. The van der Waals surface area contributed by atoms with Gasteiger partial charge in [-0.2, -0.15) is 0 Å². The third kappa shape index (κ3) is 5.33. The van der Waals surface area contributed by atoms with E-state index in [9.17, 15) is 18.0 Å². The van der Waals surface area contributed by atoms with Crippen LogP contribution in [0.25, 0.3) is 0 Å². The van der Waals surface area contributed by atoms with E-state index < -0.39 is 22.0 Å². The number of ether oxygens (including phenoxy) is 1. The predicted octanol–water partition coefficient (Wildman–Crippen LogP) is 1.27. The number of hydrogen-bond acceptors (Lipinski definition) is 5. The fourth-order valence-electron chi connectivity index (χ4n) is 1.48. The smallest absolute Gasteiger partial charge is 0.337 e. The van der Waals surface area contributed by atoms with Crippen molar-refractivity contribution in [1.82, 2.24) is 4.72 Å². The summed E-state index contributed by atoms with van der Waals surface area (Å²) < 4.78 is 30.8. The Labute approximate surface area is 126 Å². The Kier molecular flexibility index (Phi) is 6.13. The van der Waals surface area contributed by atoms with Gasteiger partial charge in [0.05, 0.1) is 17.6 Å². The highest BCUT2D eigenvalue weighted by Crippen LogP contribution is 2.19. The quantitative estimate of drug-likeness (QED) is 0.573. The molecule has 0 heterocycles. The molecule has 0 amide bonds. The van der Waals surface area contributed by atoms with Crippen LogP contribution < -0.4 is 4.72 Å². The van der Waals surface area contributed by atoms with Gasteiger partial charge in [-0.25, -0.2) is 17.9 Å². The van der Waals surface area contributed by atoms with E-state index in [1.807, 2.05) is 0 Å². The van der Waals surface area contributed by atoms with Crippen molar-refractivity contribution in [1.29, 1.82) is 0 Å². The molecule has 0 saturated heterocycles. The molecule has 7 nitrogen and oxygen atoms in total. The van der Waals surface area contributed by atoms with Crippen molar-refractivity contribution in [3.63, 3.8) is 0 Å². The van der Waals surface area contributed by atoms with Crippen LogP contribution in [0.15, 0.2) is 23.1 Å². The van der Waals surface area contributed by atoms with Gasteiger partial charge >= 0.3 is 11.9 Å². The Morgan fingerprint density at radius 1 is 1.33 bits per heavy atom. The van der Waals surface area contributed by atoms with E-state index in [0.717, 1.165) is 6.07 Å². The lowest BCUT2D eigenvalue weighted by Gasteiger charge is -2.08. The number of aliphatic carboxylic acids is 1. The molecule has 0 bridgehead atoms. The van der Waals surface area contributed by atoms with E-state index in [4.69, 9.17) is 16.7 Å². The molecule has 0 spiro atoms. The Hall–Kier alpha value is -1.64. The Balaban J connectivity index is 2.90. The number of carboxylic acids is 1. The Morgan fingerprint density at radius 2 is 2.00 bits per heavy atom. The van der Waals surface area contributed by atoms with Gasteiger partial charge in [0.15, 0.2) is 0 Å². The first kappa shape index (κ1) is 17.4. The summed E-state index contributed by atoms with van der Waals surface area (Å²) in [5.74, 6) is -1.72. The molecule has 1 rings (SSSR count). The summed E-state index contributed by atoms with van der Waals surface area (Å²) >= 11 is 5.78. The van der Waals surface area contributed by atoms with Crippen molar-refractivity contribution in [3.8, 4) is 0 Å². The molecule has 0 saturated carbocycles. The molecule has 0 fully saturated rings. The van der Waals surface area contributed by atoms with Crippen molar-refractivity contribution in [2.24, 2.45) is 0 Å². The normalized spacial score (nSPS) is 11.1. The van der Waals surface area contributed by atoms with Gasteiger partial charge in [-0.05, 0) is 24.6 Å². The molecule has 0 unspecified atom stereocenters. The minimum Gasteiger partial charge on any atom is -0.481 e. The SMILES string of the molecule is COC(=O)c1cc(Cl)cc(S(=O)(=O)NCCCC(=O)O)c1. The van der Waals surface area contributed by atoms with E-state index in [0.29, 0.717) is 0 Å². The van der Waals surface area contributed by atoms with Gasteiger partial charge in [0.2, 0.25) is 10.0 Å². The zero-order valence-corrected chi connectivity index (χ0v) is 12.7. The lowest BCUT2D eigenvalue weighted by Crippen LogP contribution is -2.25. The van der Waals surface area contributed by atoms with Gasteiger partial charge in [-0.1, -0.05) is 11.6 Å². The second-order valence-electron chi connectivity index (χ2n) is 4.06. The predicted molar refractivity (Wildman–Crippen MR) is 74.8 cm³/mol. The average molecular weight is 336 g/mol. The summed E-state index contributed by atoms with van der Waals surface area (Å²) in [7, 11) is -2.71. The monoisotopic (exact) mass is 335 g/mol. The first-order valence-corrected chi connectivity index (χ1v) is 7.73. The van der Waals surface area contributed by atoms with Crippen LogP contribution in [0.1, 0.15) is 23.2 Å². The maximum absolute atomic E-state index is 12.0. The van der Waals surface area contributed by atoms with Crippen molar-refractivity contribution < 1.29 is 27.9 Å². The van der Waals surface area contributed by atoms with Crippen LogP contribution in [-0.4, -0.2) is 39.1 Å². The van der Waals surface area contributed by atoms with Crippen LogP contribution in [0.5, 0.6) is 0 Å². The zero-order valence-electron chi connectivity index (χ0n) is 11.1. The molecule has 0 atom stereocenters. The highest BCUT2D eigenvalue weighted by atomic mass is 35.5. The average Bonchev–Trinajstić information content (AvgIpc) is 2.42. The Morgan fingerprint density at radius 3 is 2.57 bits per heavy atom. The van der Waals surface area contributed by atoms with Gasteiger partial charge in [0, 0.05) is 18.0 Å². The molecule has 0 aliphatic rings. The highest BCUT2D eigenvalue weighted by Gasteiger charge is 2.18. The summed E-state index contributed by atoms with van der Waals surface area (Å²) in [5.41, 5.74) is 0.0101. The number of halogens is 1. The molecular weight excluding hydrogens is 322 g/mol. The number of esters is 1. The number of nitrogens with one attached hydrogen (secondary N) is 1. The number of carboxylic acid groups (broad SMARTS) is 1. The van der Waals surface area contributed by atoms with Gasteiger partial charge in [-0.15, -0.1) is 0 Å². The summed E-state index contributed by atoms with van der Waals surface area (Å²) in [5, 5.41) is 8.55. The third-order valence-electron chi connectivity index (χ3n) is 2.46. The number of carbonyl (C=O) groups excluding carboxylic acids is 1. The van der Waals surface area contributed by atoms with Crippen LogP contribution in [0.4, 0.5) is 0 Å². The topological polar surface area (TPSA) is 110 Å². The zero-order chi connectivity index (χ0) is 16.0. The minimum absolute atomic E-state index is 0.0101. The third-order valence-corrected chi connectivity index (χ3v) is 4.12. The number of benzene rings is 1. The fraction of sp³-hybridized carbons (Fsp3) is 0.333. The number of sulfonamides is 1. The number of carbonyl (C=O) groups is 2. The van der Waals surface area contributed by atoms with Gasteiger partial charge in [0.1, 0.15) is 0 Å². The van der Waals surface area contributed by atoms with Gasteiger partial charge < -0.3 is 9.84 Å². The maximum Gasteiger partial charge on any atom is 0.337 e. The largest absolute Gasteiger partial charge is 0.481 e. The first-order valence-electron chi connectivity index (χ1n) is 5.86. The molecule has 2 N–H and O–H groups in total. The van der Waals surface area contributed by atoms with Crippen LogP contribution in [0, 0.1) is 0 Å². The number of rotatable bonds is 7. The maximum atomic E-state index is 12.0. The van der Waals surface area contributed by atoms with E-state index in [1.54, 1.807) is 0 Å². The molecule has 0 aliphatic heterocycles. The fourth-order valence-corrected chi connectivity index (χ4v) is 2.93. The minimum atomic E-state index is -3.88. The van der Waals surface area contributed by atoms with Crippen molar-refractivity contribution >= 4 is 33.6 Å². The van der Waals surface area contributed by atoms with E-state index >= 15 is 0 Å². The highest BCUT2D eigenvalue weighted by molar-refractivity contribution is 7.89. The van der Waals surface area contributed by atoms with Crippen LogP contribution in [-0.2, 0) is 19.6 Å². The van der Waals surface area contributed by atoms with Gasteiger partial charge in [0.25, 0.3) is 0 Å².